The van der Waals surface area contributed by atoms with Gasteiger partial charge in [0, 0.05) is 18.3 Å². The first kappa shape index (κ1) is 23.0. The van der Waals surface area contributed by atoms with Gasteiger partial charge in [0.1, 0.15) is 0 Å². The van der Waals surface area contributed by atoms with Gasteiger partial charge in [0.25, 0.3) is 5.91 Å². The Hall–Kier alpha value is -2.71. The van der Waals surface area contributed by atoms with Crippen molar-refractivity contribution in [1.29, 1.82) is 0 Å². The van der Waals surface area contributed by atoms with E-state index >= 15 is 0 Å². The van der Waals surface area contributed by atoms with Gasteiger partial charge in [-0.05, 0) is 62.1 Å². The lowest BCUT2D eigenvalue weighted by atomic mass is 10.1. The fourth-order valence-electron chi connectivity index (χ4n) is 3.68. The summed E-state index contributed by atoms with van der Waals surface area (Å²) in [5, 5.41) is 2.74. The first-order valence-electron chi connectivity index (χ1n) is 10.5. The zero-order chi connectivity index (χ0) is 22.4. The van der Waals surface area contributed by atoms with E-state index in [2.05, 4.69) is 5.32 Å². The second-order valence-electron chi connectivity index (χ2n) is 7.62. The number of nitrogens with one attached hydrogen (secondary N) is 1. The Morgan fingerprint density at radius 2 is 1.81 bits per heavy atom. The van der Waals surface area contributed by atoms with E-state index in [4.69, 9.17) is 4.74 Å². The van der Waals surface area contributed by atoms with Crippen LogP contribution < -0.4 is 5.32 Å². The molecule has 1 amide bonds. The molecule has 1 aliphatic rings. The number of esters is 1. The molecule has 1 fully saturated rings. The number of piperidine rings is 1. The third-order valence-corrected chi connectivity index (χ3v) is 7.47. The number of carbonyl (C=O) groups excluding carboxylic acids is 2. The predicted octanol–water partition coefficient (Wildman–Crippen LogP) is 3.61. The molecule has 8 heteroatoms. The lowest BCUT2D eigenvalue weighted by molar-refractivity contribution is -0.119. The molecule has 0 spiro atoms. The first-order valence-corrected chi connectivity index (χ1v) is 11.9. The van der Waals surface area contributed by atoms with Crippen molar-refractivity contribution in [2.24, 2.45) is 0 Å². The molecule has 0 bridgehead atoms. The van der Waals surface area contributed by atoms with Crippen molar-refractivity contribution in [3.05, 3.63) is 59.7 Å². The second kappa shape index (κ2) is 10.1. The molecule has 0 saturated carbocycles. The molecule has 1 unspecified atom stereocenters. The van der Waals surface area contributed by atoms with Gasteiger partial charge in [0.15, 0.2) is 6.61 Å². The van der Waals surface area contributed by atoms with Crippen LogP contribution in [0.2, 0.25) is 0 Å². The summed E-state index contributed by atoms with van der Waals surface area (Å²) in [5.41, 5.74) is 1.86. The third-order valence-electron chi connectivity index (χ3n) is 5.45. The highest BCUT2D eigenvalue weighted by molar-refractivity contribution is 7.89. The Labute approximate surface area is 183 Å². The van der Waals surface area contributed by atoms with Crippen molar-refractivity contribution < 1.29 is 22.7 Å². The average molecular weight is 445 g/mol. The number of nitrogens with zero attached hydrogens (tertiary/aromatic N) is 1. The van der Waals surface area contributed by atoms with Gasteiger partial charge in [0.05, 0.1) is 10.5 Å². The molecule has 0 aromatic heterocycles. The maximum atomic E-state index is 12.9. The summed E-state index contributed by atoms with van der Waals surface area (Å²) in [6, 6.07) is 13.0. The van der Waals surface area contributed by atoms with Gasteiger partial charge in [-0.1, -0.05) is 31.5 Å². The zero-order valence-electron chi connectivity index (χ0n) is 17.8. The Morgan fingerprint density at radius 1 is 1.10 bits per heavy atom. The van der Waals surface area contributed by atoms with Crippen LogP contribution in [0.5, 0.6) is 0 Å². The van der Waals surface area contributed by atoms with E-state index in [1.807, 2.05) is 32.0 Å². The lowest BCUT2D eigenvalue weighted by Crippen LogP contribution is -2.41. The van der Waals surface area contributed by atoms with Crippen LogP contribution in [0.25, 0.3) is 0 Å². The van der Waals surface area contributed by atoms with Crippen LogP contribution in [0.1, 0.15) is 49.0 Å². The topological polar surface area (TPSA) is 92.8 Å². The van der Waals surface area contributed by atoms with Crippen LogP contribution in [0, 0.1) is 0 Å². The molecule has 1 atom stereocenters. The van der Waals surface area contributed by atoms with Gasteiger partial charge < -0.3 is 10.1 Å². The van der Waals surface area contributed by atoms with E-state index in [0.717, 1.165) is 31.2 Å². The highest BCUT2D eigenvalue weighted by Crippen LogP contribution is 2.25. The Morgan fingerprint density at radius 3 is 2.48 bits per heavy atom. The van der Waals surface area contributed by atoms with E-state index in [-0.39, 0.29) is 16.5 Å². The standard InChI is InChI=1S/C23H28N2O5S/c1-3-18-9-4-5-10-21(18)24-22(26)16-30-23(27)19-11-13-20(14-12-19)31(28,29)25-15-7-6-8-17(25)2/h4-5,9-14,17H,3,6-8,15-16H2,1-2H3,(H,24,26). The number of ether oxygens (including phenoxy) is 1. The molecule has 166 valence electrons. The van der Waals surface area contributed by atoms with Crippen molar-refractivity contribution in [2.45, 2.75) is 50.5 Å². The lowest BCUT2D eigenvalue weighted by Gasteiger charge is -2.32. The summed E-state index contributed by atoms with van der Waals surface area (Å²) in [7, 11) is -3.60. The van der Waals surface area contributed by atoms with E-state index in [1.165, 1.54) is 28.6 Å². The fraction of sp³-hybridized carbons (Fsp3) is 0.391. The monoisotopic (exact) mass is 444 g/mol. The summed E-state index contributed by atoms with van der Waals surface area (Å²) in [5.74, 6) is -1.12. The minimum atomic E-state index is -3.60. The van der Waals surface area contributed by atoms with Crippen LogP contribution >= 0.6 is 0 Å². The van der Waals surface area contributed by atoms with E-state index in [0.29, 0.717) is 12.2 Å². The molecule has 7 nitrogen and oxygen atoms in total. The Kier molecular flexibility index (Phi) is 7.46. The Balaban J connectivity index is 1.59. The van der Waals surface area contributed by atoms with Gasteiger partial charge >= 0.3 is 5.97 Å². The van der Waals surface area contributed by atoms with Crippen molar-refractivity contribution in [3.8, 4) is 0 Å². The van der Waals surface area contributed by atoms with Crippen LogP contribution in [-0.2, 0) is 26.0 Å². The molecule has 1 heterocycles. The predicted molar refractivity (Wildman–Crippen MR) is 118 cm³/mol. The van der Waals surface area contributed by atoms with E-state index in [1.54, 1.807) is 6.07 Å². The molecule has 2 aromatic carbocycles. The van der Waals surface area contributed by atoms with Gasteiger partial charge in [-0.2, -0.15) is 4.31 Å². The van der Waals surface area contributed by atoms with E-state index in [9.17, 15) is 18.0 Å². The number of hydrogen-bond acceptors (Lipinski definition) is 5. The molecular weight excluding hydrogens is 416 g/mol. The summed E-state index contributed by atoms with van der Waals surface area (Å²) in [4.78, 5) is 24.6. The van der Waals surface area contributed by atoms with Gasteiger partial charge in [-0.3, -0.25) is 4.79 Å². The van der Waals surface area contributed by atoms with Crippen LogP contribution in [-0.4, -0.2) is 43.8 Å². The van der Waals surface area contributed by atoms with Crippen LogP contribution in [0.3, 0.4) is 0 Å². The smallest absolute Gasteiger partial charge is 0.338 e. The number of para-hydroxylation sites is 1. The molecule has 0 radical (unpaired) electrons. The minimum Gasteiger partial charge on any atom is -0.452 e. The summed E-state index contributed by atoms with van der Waals surface area (Å²) in [6.45, 7) is 3.97. The largest absolute Gasteiger partial charge is 0.452 e. The fourth-order valence-corrected chi connectivity index (χ4v) is 5.38. The molecule has 3 rings (SSSR count). The van der Waals surface area contributed by atoms with Crippen molar-refractivity contribution in [3.63, 3.8) is 0 Å². The number of aryl methyl sites for hydroxylation is 1. The van der Waals surface area contributed by atoms with Crippen molar-refractivity contribution in [2.75, 3.05) is 18.5 Å². The van der Waals surface area contributed by atoms with Gasteiger partial charge in [-0.25, -0.2) is 13.2 Å². The second-order valence-corrected chi connectivity index (χ2v) is 9.51. The number of sulfonamides is 1. The average Bonchev–Trinajstić information content (AvgIpc) is 2.78. The highest BCUT2D eigenvalue weighted by Gasteiger charge is 2.31. The normalized spacial score (nSPS) is 17.2. The molecular formula is C23H28N2O5S. The molecule has 0 aliphatic carbocycles. The molecule has 1 saturated heterocycles. The number of carbonyl (C=O) groups is 2. The van der Waals surface area contributed by atoms with Crippen molar-refractivity contribution in [1.82, 2.24) is 4.31 Å². The van der Waals surface area contributed by atoms with Gasteiger partial charge in [-0.15, -0.1) is 0 Å². The quantitative estimate of drug-likeness (QED) is 0.659. The third kappa shape index (κ3) is 5.51. The van der Waals surface area contributed by atoms with Crippen LogP contribution in [0.4, 0.5) is 5.69 Å². The zero-order valence-corrected chi connectivity index (χ0v) is 18.7. The SMILES string of the molecule is CCc1ccccc1NC(=O)COC(=O)c1ccc(S(=O)(=O)N2CCCCC2C)cc1. The molecule has 2 aromatic rings. The number of benzene rings is 2. The number of amides is 1. The van der Waals surface area contributed by atoms with Crippen molar-refractivity contribution >= 4 is 27.6 Å². The highest BCUT2D eigenvalue weighted by atomic mass is 32.2. The molecule has 1 aliphatic heterocycles. The Bertz CT molecular complexity index is 1030. The number of anilines is 1. The van der Waals surface area contributed by atoms with Crippen LogP contribution in [0.15, 0.2) is 53.4 Å². The summed E-state index contributed by atoms with van der Waals surface area (Å²) < 4.78 is 32.4. The number of hydrogen-bond donors (Lipinski definition) is 1. The molecule has 31 heavy (non-hydrogen) atoms. The molecule has 1 N–H and O–H groups in total. The summed E-state index contributed by atoms with van der Waals surface area (Å²) in [6.07, 6.45) is 3.48. The summed E-state index contributed by atoms with van der Waals surface area (Å²) >= 11 is 0. The van der Waals surface area contributed by atoms with Gasteiger partial charge in [0.2, 0.25) is 10.0 Å². The van der Waals surface area contributed by atoms with E-state index < -0.39 is 28.5 Å². The number of rotatable bonds is 7. The first-order chi connectivity index (χ1) is 14.8. The maximum absolute atomic E-state index is 12.9. The minimum absolute atomic E-state index is 0.0419. The maximum Gasteiger partial charge on any atom is 0.338 e.